The van der Waals surface area contributed by atoms with Crippen molar-refractivity contribution in [2.75, 3.05) is 6.61 Å². The van der Waals surface area contributed by atoms with E-state index in [1.54, 1.807) is 0 Å². The third-order valence-corrected chi connectivity index (χ3v) is 2.94. The van der Waals surface area contributed by atoms with Crippen LogP contribution in [0.15, 0.2) is 12.1 Å². The van der Waals surface area contributed by atoms with Crippen molar-refractivity contribution in [3.05, 3.63) is 28.8 Å². The van der Waals surface area contributed by atoms with Gasteiger partial charge in [-0.15, -0.1) is 11.8 Å². The highest BCUT2D eigenvalue weighted by Gasteiger charge is 2.05. The van der Waals surface area contributed by atoms with E-state index in [1.807, 2.05) is 0 Å². The molecule has 0 radical (unpaired) electrons. The molecular weight excluding hydrogens is 220 g/mol. The van der Waals surface area contributed by atoms with Crippen LogP contribution in [-0.4, -0.2) is 6.61 Å². The molecule has 0 amide bonds. The first-order chi connectivity index (χ1) is 8.69. The number of rotatable bonds is 5. The smallest absolute Gasteiger partial charge is 0.119 e. The minimum atomic E-state index is 0.792. The van der Waals surface area contributed by atoms with Gasteiger partial charge in [0.1, 0.15) is 5.75 Å². The van der Waals surface area contributed by atoms with Crippen molar-refractivity contribution in [2.45, 2.75) is 53.4 Å². The van der Waals surface area contributed by atoms with Gasteiger partial charge in [-0.25, -0.2) is 0 Å². The Labute approximate surface area is 112 Å². The van der Waals surface area contributed by atoms with E-state index in [0.717, 1.165) is 38.0 Å². The molecule has 0 heterocycles. The second-order valence-corrected chi connectivity index (χ2v) is 4.59. The topological polar surface area (TPSA) is 9.23 Å². The predicted molar refractivity (Wildman–Crippen MR) is 78.1 cm³/mol. The Balaban J connectivity index is 2.74. The molecule has 0 saturated heterocycles. The molecule has 0 aromatic heterocycles. The Bertz CT molecular complexity index is 412. The molecule has 0 fully saturated rings. The van der Waals surface area contributed by atoms with E-state index in [1.165, 1.54) is 16.7 Å². The largest absolute Gasteiger partial charge is 0.494 e. The summed E-state index contributed by atoms with van der Waals surface area (Å²) >= 11 is 0. The van der Waals surface area contributed by atoms with Gasteiger partial charge in [-0.05, 0) is 55.5 Å². The Hall–Kier alpha value is -1.42. The molecule has 0 aliphatic rings. The van der Waals surface area contributed by atoms with Crippen LogP contribution in [0, 0.1) is 25.7 Å². The summed E-state index contributed by atoms with van der Waals surface area (Å²) in [6.45, 7) is 9.33. The van der Waals surface area contributed by atoms with Gasteiger partial charge in [0.05, 0.1) is 6.61 Å². The average molecular weight is 244 g/mol. The van der Waals surface area contributed by atoms with Crippen LogP contribution in [0.2, 0.25) is 0 Å². The van der Waals surface area contributed by atoms with Gasteiger partial charge in [0.15, 0.2) is 0 Å². The van der Waals surface area contributed by atoms with Gasteiger partial charge < -0.3 is 4.74 Å². The molecule has 1 rings (SSSR count). The highest BCUT2D eigenvalue weighted by atomic mass is 16.5. The number of aryl methyl sites for hydroxylation is 2. The van der Waals surface area contributed by atoms with Gasteiger partial charge in [0, 0.05) is 12.8 Å². The van der Waals surface area contributed by atoms with Gasteiger partial charge in [-0.1, -0.05) is 13.8 Å². The molecule has 18 heavy (non-hydrogen) atoms. The summed E-state index contributed by atoms with van der Waals surface area (Å²) in [6, 6.07) is 4.29. The first-order valence-electron chi connectivity index (χ1n) is 6.87. The molecule has 98 valence electrons. The number of hydrogen-bond acceptors (Lipinski definition) is 1. The zero-order valence-electron chi connectivity index (χ0n) is 12.1. The molecule has 0 unspecified atom stereocenters. The summed E-state index contributed by atoms with van der Waals surface area (Å²) < 4.78 is 5.69. The van der Waals surface area contributed by atoms with Crippen LogP contribution in [-0.2, 0) is 6.42 Å². The van der Waals surface area contributed by atoms with Gasteiger partial charge in [-0.2, -0.15) is 0 Å². The van der Waals surface area contributed by atoms with Crippen molar-refractivity contribution in [2.24, 2.45) is 0 Å². The molecule has 1 nitrogen and oxygen atoms in total. The van der Waals surface area contributed by atoms with E-state index in [0.29, 0.717) is 0 Å². The van der Waals surface area contributed by atoms with E-state index in [-0.39, 0.29) is 0 Å². The first kappa shape index (κ1) is 14.6. The Morgan fingerprint density at radius 2 is 1.72 bits per heavy atom. The van der Waals surface area contributed by atoms with E-state index < -0.39 is 0 Å². The van der Waals surface area contributed by atoms with Crippen LogP contribution in [0.1, 0.15) is 49.8 Å². The lowest BCUT2D eigenvalue weighted by Gasteiger charge is -2.12. The second kappa shape index (κ2) is 7.82. The lowest BCUT2D eigenvalue weighted by atomic mass is 9.98. The zero-order chi connectivity index (χ0) is 13.4. The Morgan fingerprint density at radius 1 is 1.06 bits per heavy atom. The molecule has 1 heteroatoms. The molecule has 0 bridgehead atoms. The van der Waals surface area contributed by atoms with Crippen molar-refractivity contribution in [1.82, 2.24) is 0 Å². The fourth-order valence-corrected chi connectivity index (χ4v) is 2.05. The number of hydrogen-bond donors (Lipinski definition) is 0. The number of ether oxygens (including phenoxy) is 1. The Morgan fingerprint density at radius 3 is 2.28 bits per heavy atom. The van der Waals surface area contributed by atoms with Crippen LogP contribution < -0.4 is 4.74 Å². The Kier molecular flexibility index (Phi) is 6.36. The van der Waals surface area contributed by atoms with Crippen molar-refractivity contribution >= 4 is 0 Å². The molecule has 0 spiro atoms. The molecule has 0 N–H and O–H groups in total. The summed E-state index contributed by atoms with van der Waals surface area (Å²) in [5, 5.41) is 0. The highest BCUT2D eigenvalue weighted by Crippen LogP contribution is 2.23. The molecule has 1 aromatic carbocycles. The van der Waals surface area contributed by atoms with Crippen LogP contribution in [0.3, 0.4) is 0 Å². The quantitative estimate of drug-likeness (QED) is 0.696. The first-order valence-corrected chi connectivity index (χ1v) is 6.87. The third kappa shape index (κ3) is 4.45. The maximum Gasteiger partial charge on any atom is 0.119 e. The minimum absolute atomic E-state index is 0.792. The lowest BCUT2D eigenvalue weighted by Crippen LogP contribution is -1.99. The highest BCUT2D eigenvalue weighted by molar-refractivity contribution is 5.41. The molecule has 0 atom stereocenters. The van der Waals surface area contributed by atoms with E-state index in [9.17, 15) is 0 Å². The molecule has 0 aliphatic heterocycles. The molecular formula is C17H24O. The normalized spacial score (nSPS) is 9.78. The summed E-state index contributed by atoms with van der Waals surface area (Å²) in [5.74, 6) is 7.32. The fourth-order valence-electron chi connectivity index (χ4n) is 2.05. The van der Waals surface area contributed by atoms with Crippen LogP contribution in [0.4, 0.5) is 0 Å². The van der Waals surface area contributed by atoms with Gasteiger partial charge in [0.25, 0.3) is 0 Å². The fraction of sp³-hybridized carbons (Fsp3) is 0.529. The van der Waals surface area contributed by atoms with Gasteiger partial charge >= 0.3 is 0 Å². The van der Waals surface area contributed by atoms with Crippen LogP contribution in [0.25, 0.3) is 0 Å². The maximum absolute atomic E-state index is 5.69. The molecule has 1 aromatic rings. The summed E-state index contributed by atoms with van der Waals surface area (Å²) in [4.78, 5) is 0. The molecule has 0 saturated carbocycles. The van der Waals surface area contributed by atoms with Crippen LogP contribution >= 0.6 is 0 Å². The van der Waals surface area contributed by atoms with Crippen LogP contribution in [0.5, 0.6) is 5.75 Å². The van der Waals surface area contributed by atoms with E-state index in [2.05, 4.69) is 51.7 Å². The van der Waals surface area contributed by atoms with E-state index in [4.69, 9.17) is 4.74 Å². The number of benzene rings is 1. The third-order valence-electron chi connectivity index (χ3n) is 2.94. The van der Waals surface area contributed by atoms with Gasteiger partial charge in [-0.3, -0.25) is 0 Å². The van der Waals surface area contributed by atoms with Gasteiger partial charge in [0.2, 0.25) is 0 Å². The standard InChI is InChI=1S/C17H24O/c1-5-7-8-9-10-17-14(3)12-16(13-15(17)4)18-11-6-2/h12-13H,5-6,9-11H2,1-4H3. The summed E-state index contributed by atoms with van der Waals surface area (Å²) in [6.07, 6.45) is 3.98. The van der Waals surface area contributed by atoms with E-state index >= 15 is 0 Å². The van der Waals surface area contributed by atoms with Crippen molar-refractivity contribution in [3.8, 4) is 17.6 Å². The SMILES string of the molecule is CCC#CCCc1c(C)cc(OCCC)cc1C. The van der Waals surface area contributed by atoms with Crippen molar-refractivity contribution in [1.29, 1.82) is 0 Å². The van der Waals surface area contributed by atoms with Crippen molar-refractivity contribution in [3.63, 3.8) is 0 Å². The second-order valence-electron chi connectivity index (χ2n) is 4.59. The zero-order valence-corrected chi connectivity index (χ0v) is 12.1. The summed E-state index contributed by atoms with van der Waals surface area (Å²) in [5.41, 5.74) is 4.06. The average Bonchev–Trinajstić information content (AvgIpc) is 2.34. The monoisotopic (exact) mass is 244 g/mol. The maximum atomic E-state index is 5.69. The predicted octanol–water partition coefficient (Wildman–Crippen LogP) is 4.44. The molecule has 0 aliphatic carbocycles. The minimum Gasteiger partial charge on any atom is -0.494 e. The lowest BCUT2D eigenvalue weighted by molar-refractivity contribution is 0.317. The summed E-state index contributed by atoms with van der Waals surface area (Å²) in [7, 11) is 0. The van der Waals surface area contributed by atoms with Crippen molar-refractivity contribution < 1.29 is 4.74 Å².